The number of nitrogens with two attached hydrogens (primary N) is 1. The smallest absolute Gasteiger partial charge is 0.243 e. The minimum absolute atomic E-state index is 0.0120. The maximum atomic E-state index is 12.5. The molecule has 2 aliphatic rings. The Kier molecular flexibility index (Phi) is 3.96. The highest BCUT2D eigenvalue weighted by atomic mass is 32.2. The van der Waals surface area contributed by atoms with Crippen molar-refractivity contribution < 1.29 is 8.42 Å². The lowest BCUT2D eigenvalue weighted by Crippen LogP contribution is -2.38. The van der Waals surface area contributed by atoms with E-state index in [1.54, 1.807) is 6.07 Å². The average Bonchev–Trinajstić information content (AvgIpc) is 3.20. The molecule has 1 aliphatic carbocycles. The van der Waals surface area contributed by atoms with E-state index in [1.807, 2.05) is 0 Å². The summed E-state index contributed by atoms with van der Waals surface area (Å²) in [4.78, 5) is 6.37. The van der Waals surface area contributed by atoms with Gasteiger partial charge in [-0.2, -0.15) is 0 Å². The summed E-state index contributed by atoms with van der Waals surface area (Å²) in [5, 5.41) is 0. The molecule has 0 bridgehead atoms. The van der Waals surface area contributed by atoms with Crippen molar-refractivity contribution in [1.82, 2.24) is 14.6 Å². The van der Waals surface area contributed by atoms with Gasteiger partial charge in [0.1, 0.15) is 15.6 Å². The van der Waals surface area contributed by atoms with Gasteiger partial charge < -0.3 is 5.73 Å². The van der Waals surface area contributed by atoms with E-state index < -0.39 is 10.0 Å². The van der Waals surface area contributed by atoms with Crippen molar-refractivity contribution in [2.24, 2.45) is 5.73 Å². The van der Waals surface area contributed by atoms with Gasteiger partial charge in [0.25, 0.3) is 0 Å². The van der Waals surface area contributed by atoms with Gasteiger partial charge in [-0.3, -0.25) is 9.88 Å². The Balaban J connectivity index is 1.76. The molecule has 1 saturated heterocycles. The first-order valence-corrected chi connectivity index (χ1v) is 8.88. The predicted molar refractivity (Wildman–Crippen MR) is 83.4 cm³/mol. The highest BCUT2D eigenvalue weighted by Crippen LogP contribution is 2.30. The van der Waals surface area contributed by atoms with Crippen LogP contribution in [0.1, 0.15) is 25.0 Å². The van der Waals surface area contributed by atoms with E-state index in [0.717, 1.165) is 19.5 Å². The summed E-state index contributed by atoms with van der Waals surface area (Å²) in [5.41, 5.74) is 5.71. The summed E-state index contributed by atoms with van der Waals surface area (Å²) in [5.74, 6) is 0. The van der Waals surface area contributed by atoms with Crippen LogP contribution in [0.3, 0.4) is 0 Å². The molecule has 2 heterocycles. The highest BCUT2D eigenvalue weighted by Gasteiger charge is 2.36. The lowest BCUT2D eigenvalue weighted by molar-refractivity contribution is 0.322. The van der Waals surface area contributed by atoms with Crippen LogP contribution in [0.15, 0.2) is 23.2 Å². The Morgan fingerprint density at radius 1 is 1.43 bits per heavy atom. The van der Waals surface area contributed by atoms with E-state index in [1.165, 1.54) is 25.1 Å². The fraction of sp³-hybridized carbons (Fsp3) is 0.538. The van der Waals surface area contributed by atoms with E-state index in [-0.39, 0.29) is 21.6 Å². The Morgan fingerprint density at radius 2 is 2.19 bits per heavy atom. The molecule has 1 unspecified atom stereocenters. The number of sulfonamides is 1. The zero-order valence-corrected chi connectivity index (χ0v) is 13.2. The molecule has 3 rings (SSSR count). The van der Waals surface area contributed by atoms with Crippen molar-refractivity contribution in [3.05, 3.63) is 24.0 Å². The van der Waals surface area contributed by atoms with Crippen LogP contribution in [0, 0.1) is 0 Å². The van der Waals surface area contributed by atoms with Crippen LogP contribution in [0.5, 0.6) is 0 Å². The molecule has 21 heavy (non-hydrogen) atoms. The quantitative estimate of drug-likeness (QED) is 0.753. The van der Waals surface area contributed by atoms with E-state index in [0.29, 0.717) is 6.04 Å². The highest BCUT2D eigenvalue weighted by molar-refractivity contribution is 7.89. The Morgan fingerprint density at radius 3 is 2.86 bits per heavy atom. The van der Waals surface area contributed by atoms with Crippen LogP contribution in [-0.2, 0) is 10.0 Å². The summed E-state index contributed by atoms with van der Waals surface area (Å²) >= 11 is 4.88. The van der Waals surface area contributed by atoms with Gasteiger partial charge in [-0.15, -0.1) is 0 Å². The molecule has 114 valence electrons. The lowest BCUT2D eigenvalue weighted by Gasteiger charge is -2.16. The zero-order valence-electron chi connectivity index (χ0n) is 11.5. The first-order valence-electron chi connectivity index (χ1n) is 6.98. The summed E-state index contributed by atoms with van der Waals surface area (Å²) in [7, 11) is -3.65. The summed E-state index contributed by atoms with van der Waals surface area (Å²) in [6.07, 6.45) is 4.78. The molecule has 1 saturated carbocycles. The van der Waals surface area contributed by atoms with Gasteiger partial charge in [0.05, 0.1) is 0 Å². The van der Waals surface area contributed by atoms with Crippen LogP contribution < -0.4 is 10.5 Å². The molecule has 0 spiro atoms. The van der Waals surface area contributed by atoms with E-state index in [4.69, 9.17) is 18.0 Å². The van der Waals surface area contributed by atoms with E-state index in [2.05, 4.69) is 14.6 Å². The van der Waals surface area contributed by atoms with Crippen molar-refractivity contribution >= 4 is 27.2 Å². The van der Waals surface area contributed by atoms with Crippen LogP contribution in [0.25, 0.3) is 0 Å². The molecule has 2 fully saturated rings. The summed E-state index contributed by atoms with van der Waals surface area (Å²) in [6.45, 7) is 1.72. The van der Waals surface area contributed by atoms with Crippen LogP contribution >= 0.6 is 12.2 Å². The second-order valence-corrected chi connectivity index (χ2v) is 7.67. The monoisotopic (exact) mass is 326 g/mol. The molecule has 3 N–H and O–H groups in total. The standard InChI is InChI=1S/C13H18N4O2S2/c14-13(20)12-11(2-1-6-15-12)21(18,19)16-9-5-7-17(8-9)10-3-4-10/h1-2,6,9-10,16H,3-5,7-8H2,(H2,14,20). The van der Waals surface area contributed by atoms with Gasteiger partial charge in [0.2, 0.25) is 10.0 Å². The third-order valence-electron chi connectivity index (χ3n) is 3.90. The van der Waals surface area contributed by atoms with Crippen LogP contribution in [-0.4, -0.2) is 48.5 Å². The van der Waals surface area contributed by atoms with E-state index >= 15 is 0 Å². The molecule has 1 aliphatic heterocycles. The number of rotatable bonds is 5. The predicted octanol–water partition coefficient (Wildman–Crippen LogP) is 0.231. The topological polar surface area (TPSA) is 88.3 Å². The van der Waals surface area contributed by atoms with Crippen LogP contribution in [0.2, 0.25) is 0 Å². The minimum atomic E-state index is -3.65. The number of pyridine rings is 1. The van der Waals surface area contributed by atoms with Gasteiger partial charge >= 0.3 is 0 Å². The van der Waals surface area contributed by atoms with E-state index in [9.17, 15) is 8.42 Å². The number of nitrogens with one attached hydrogen (secondary N) is 1. The van der Waals surface area contributed by atoms with Gasteiger partial charge in [0.15, 0.2) is 0 Å². The number of aromatic nitrogens is 1. The second-order valence-electron chi connectivity index (χ2n) is 5.55. The fourth-order valence-corrected chi connectivity index (χ4v) is 4.39. The zero-order chi connectivity index (χ0) is 15.0. The largest absolute Gasteiger partial charge is 0.388 e. The minimum Gasteiger partial charge on any atom is -0.388 e. The molecule has 6 nitrogen and oxygen atoms in total. The molecule has 0 amide bonds. The number of nitrogens with zero attached hydrogens (tertiary/aromatic N) is 2. The van der Waals surface area contributed by atoms with Gasteiger partial charge in [0, 0.05) is 31.4 Å². The lowest BCUT2D eigenvalue weighted by atomic mass is 10.3. The third-order valence-corrected chi connectivity index (χ3v) is 5.64. The number of likely N-dealkylation sites (tertiary alicyclic amines) is 1. The van der Waals surface area contributed by atoms with Gasteiger partial charge in [-0.05, 0) is 31.4 Å². The average molecular weight is 326 g/mol. The van der Waals surface area contributed by atoms with Crippen molar-refractivity contribution in [3.63, 3.8) is 0 Å². The molecule has 1 aromatic heterocycles. The fourth-order valence-electron chi connectivity index (χ4n) is 2.73. The van der Waals surface area contributed by atoms with Gasteiger partial charge in [-0.25, -0.2) is 13.1 Å². The van der Waals surface area contributed by atoms with Crippen LogP contribution in [0.4, 0.5) is 0 Å². The molecule has 0 aromatic carbocycles. The molecule has 1 atom stereocenters. The number of hydrogen-bond acceptors (Lipinski definition) is 5. The molecule has 1 aromatic rings. The second kappa shape index (κ2) is 5.60. The summed E-state index contributed by atoms with van der Waals surface area (Å²) < 4.78 is 27.8. The first kappa shape index (κ1) is 14.8. The molecule has 8 heteroatoms. The van der Waals surface area contributed by atoms with Gasteiger partial charge in [-0.1, -0.05) is 12.2 Å². The van der Waals surface area contributed by atoms with Crippen molar-refractivity contribution in [1.29, 1.82) is 0 Å². The summed E-state index contributed by atoms with van der Waals surface area (Å²) in [6, 6.07) is 3.65. The third kappa shape index (κ3) is 3.23. The Bertz CT molecular complexity index is 658. The number of hydrogen-bond donors (Lipinski definition) is 2. The Hall–Kier alpha value is -1.09. The van der Waals surface area contributed by atoms with Crippen molar-refractivity contribution in [3.8, 4) is 0 Å². The first-order chi connectivity index (χ1) is 9.97. The molecule has 0 radical (unpaired) electrons. The maximum Gasteiger partial charge on any atom is 0.243 e. The SMILES string of the molecule is NC(=S)c1ncccc1S(=O)(=O)NC1CCN(C2CC2)C1. The van der Waals surface area contributed by atoms with Crippen molar-refractivity contribution in [2.45, 2.75) is 36.2 Å². The number of thiocarbonyl (C=S) groups is 1. The maximum absolute atomic E-state index is 12.5. The molecular formula is C13H18N4O2S2. The molecular weight excluding hydrogens is 308 g/mol. The normalized spacial score (nSPS) is 23.3. The van der Waals surface area contributed by atoms with Crippen molar-refractivity contribution in [2.75, 3.05) is 13.1 Å². The Labute approximate surface area is 129 Å².